The Morgan fingerprint density at radius 2 is 1.67 bits per heavy atom. The molecule has 0 saturated heterocycles. The van der Waals surface area contributed by atoms with E-state index in [1.54, 1.807) is 6.08 Å². The van der Waals surface area contributed by atoms with Crippen LogP contribution in [0.4, 0.5) is 18.9 Å². The fourth-order valence-corrected chi connectivity index (χ4v) is 1.97. The summed E-state index contributed by atoms with van der Waals surface area (Å²) in [6.45, 7) is -1.63. The minimum atomic E-state index is -4.42. The lowest BCUT2D eigenvalue weighted by Gasteiger charge is -2.10. The quantitative estimate of drug-likeness (QED) is 0.726. The Balaban J connectivity index is 1.75. The van der Waals surface area contributed by atoms with E-state index in [1.807, 2.05) is 30.3 Å². The minimum Gasteiger partial charge on any atom is -0.484 e. The Bertz CT molecular complexity index is 788. The lowest BCUT2D eigenvalue weighted by Crippen LogP contribution is -2.31. The summed E-state index contributed by atoms with van der Waals surface area (Å²) in [7, 11) is 0. The molecule has 2 N–H and O–H groups in total. The molecule has 0 saturated carbocycles. The maximum Gasteiger partial charge on any atom is 0.422 e. The SMILES string of the molecule is O=C(/C=C/c1ccccc1)NCC(=O)Nc1ccc(OCC(F)(F)F)cc1. The Hall–Kier alpha value is -3.29. The molecular weight excluding hydrogens is 361 g/mol. The van der Waals surface area contributed by atoms with Crippen LogP contribution < -0.4 is 15.4 Å². The number of anilines is 1. The van der Waals surface area contributed by atoms with Crippen LogP contribution >= 0.6 is 0 Å². The van der Waals surface area contributed by atoms with Crippen molar-refractivity contribution in [3.8, 4) is 5.75 Å². The van der Waals surface area contributed by atoms with Crippen LogP contribution in [-0.4, -0.2) is 31.1 Å². The van der Waals surface area contributed by atoms with Gasteiger partial charge >= 0.3 is 6.18 Å². The van der Waals surface area contributed by atoms with Gasteiger partial charge in [-0.1, -0.05) is 30.3 Å². The second-order valence-electron chi connectivity index (χ2n) is 5.44. The number of alkyl halides is 3. The van der Waals surface area contributed by atoms with Crippen molar-refractivity contribution >= 4 is 23.6 Å². The number of amides is 2. The van der Waals surface area contributed by atoms with Crippen LogP contribution in [0.2, 0.25) is 0 Å². The van der Waals surface area contributed by atoms with Crippen molar-refractivity contribution in [2.24, 2.45) is 0 Å². The van der Waals surface area contributed by atoms with E-state index in [1.165, 1.54) is 30.3 Å². The number of benzene rings is 2. The smallest absolute Gasteiger partial charge is 0.422 e. The molecule has 0 atom stereocenters. The van der Waals surface area contributed by atoms with Gasteiger partial charge in [0.2, 0.25) is 11.8 Å². The van der Waals surface area contributed by atoms with E-state index in [4.69, 9.17) is 0 Å². The van der Waals surface area contributed by atoms with Crippen molar-refractivity contribution in [2.75, 3.05) is 18.5 Å². The maximum absolute atomic E-state index is 12.1. The molecule has 5 nitrogen and oxygen atoms in total. The van der Waals surface area contributed by atoms with Crippen molar-refractivity contribution in [1.29, 1.82) is 0 Å². The van der Waals surface area contributed by atoms with Gasteiger partial charge < -0.3 is 15.4 Å². The van der Waals surface area contributed by atoms with Crippen LogP contribution in [0.5, 0.6) is 5.75 Å². The van der Waals surface area contributed by atoms with Gasteiger partial charge in [-0.2, -0.15) is 13.2 Å². The van der Waals surface area contributed by atoms with Gasteiger partial charge in [-0.15, -0.1) is 0 Å². The fourth-order valence-electron chi connectivity index (χ4n) is 1.97. The molecule has 0 bridgehead atoms. The number of hydrogen-bond donors (Lipinski definition) is 2. The summed E-state index contributed by atoms with van der Waals surface area (Å²) in [5, 5.41) is 4.95. The molecule has 0 aliphatic carbocycles. The molecule has 27 heavy (non-hydrogen) atoms. The average molecular weight is 378 g/mol. The fraction of sp³-hybridized carbons (Fsp3) is 0.158. The van der Waals surface area contributed by atoms with Crippen LogP contribution in [0.25, 0.3) is 6.08 Å². The molecule has 2 aromatic rings. The molecule has 0 fully saturated rings. The second-order valence-corrected chi connectivity index (χ2v) is 5.44. The zero-order valence-electron chi connectivity index (χ0n) is 14.1. The highest BCUT2D eigenvalue weighted by atomic mass is 19.4. The lowest BCUT2D eigenvalue weighted by atomic mass is 10.2. The number of hydrogen-bond acceptors (Lipinski definition) is 3. The van der Waals surface area contributed by atoms with Gasteiger partial charge in [-0.25, -0.2) is 0 Å². The highest BCUT2D eigenvalue weighted by molar-refractivity contribution is 5.97. The van der Waals surface area contributed by atoms with Gasteiger partial charge in [0.1, 0.15) is 5.75 Å². The van der Waals surface area contributed by atoms with Crippen LogP contribution in [0, 0.1) is 0 Å². The Morgan fingerprint density at radius 1 is 1.00 bits per heavy atom. The zero-order valence-corrected chi connectivity index (χ0v) is 14.1. The summed E-state index contributed by atoms with van der Waals surface area (Å²) in [4.78, 5) is 23.5. The summed E-state index contributed by atoms with van der Waals surface area (Å²) >= 11 is 0. The Morgan fingerprint density at radius 3 is 2.30 bits per heavy atom. The average Bonchev–Trinajstić information content (AvgIpc) is 2.64. The number of nitrogens with one attached hydrogen (secondary N) is 2. The first-order valence-corrected chi connectivity index (χ1v) is 7.92. The van der Waals surface area contributed by atoms with E-state index < -0.39 is 24.6 Å². The Kier molecular flexibility index (Phi) is 6.99. The van der Waals surface area contributed by atoms with Crippen LogP contribution in [0.3, 0.4) is 0 Å². The van der Waals surface area contributed by atoms with Crippen molar-refractivity contribution in [2.45, 2.75) is 6.18 Å². The van der Waals surface area contributed by atoms with E-state index >= 15 is 0 Å². The first kappa shape index (κ1) is 20.0. The molecule has 2 rings (SSSR count). The van der Waals surface area contributed by atoms with E-state index in [9.17, 15) is 22.8 Å². The van der Waals surface area contributed by atoms with Crippen molar-refractivity contribution in [3.63, 3.8) is 0 Å². The molecule has 0 aliphatic heterocycles. The van der Waals surface area contributed by atoms with Gasteiger partial charge in [0, 0.05) is 11.8 Å². The number of rotatable bonds is 7. The van der Waals surface area contributed by atoms with Gasteiger partial charge in [-0.3, -0.25) is 9.59 Å². The number of carbonyl (C=O) groups excluding carboxylic acids is 2. The first-order chi connectivity index (χ1) is 12.8. The monoisotopic (exact) mass is 378 g/mol. The molecule has 8 heteroatoms. The van der Waals surface area contributed by atoms with Crippen molar-refractivity contribution < 1.29 is 27.5 Å². The van der Waals surface area contributed by atoms with E-state index in [-0.39, 0.29) is 12.3 Å². The molecule has 0 unspecified atom stereocenters. The number of carbonyl (C=O) groups is 2. The number of halogens is 3. The van der Waals surface area contributed by atoms with E-state index in [0.29, 0.717) is 5.69 Å². The molecule has 2 aromatic carbocycles. The van der Waals surface area contributed by atoms with Gasteiger partial charge in [-0.05, 0) is 35.9 Å². The normalized spacial score (nSPS) is 11.2. The summed E-state index contributed by atoms with van der Waals surface area (Å²) in [5.41, 5.74) is 1.22. The molecule has 0 radical (unpaired) electrons. The lowest BCUT2D eigenvalue weighted by molar-refractivity contribution is -0.153. The van der Waals surface area contributed by atoms with Gasteiger partial charge in [0.25, 0.3) is 0 Å². The van der Waals surface area contributed by atoms with Crippen LogP contribution in [0.15, 0.2) is 60.7 Å². The van der Waals surface area contributed by atoms with Crippen molar-refractivity contribution in [3.05, 3.63) is 66.2 Å². The van der Waals surface area contributed by atoms with Crippen molar-refractivity contribution in [1.82, 2.24) is 5.32 Å². The summed E-state index contributed by atoms with van der Waals surface area (Å²) < 4.78 is 40.8. The van der Waals surface area contributed by atoms with Gasteiger partial charge in [0.05, 0.1) is 6.54 Å². The third kappa shape index (κ3) is 8.08. The molecule has 2 amide bonds. The highest BCUT2D eigenvalue weighted by Crippen LogP contribution is 2.20. The predicted molar refractivity (Wildman–Crippen MR) is 95.1 cm³/mol. The zero-order chi connectivity index (χ0) is 19.7. The molecular formula is C19H17F3N2O3. The third-order valence-electron chi connectivity index (χ3n) is 3.19. The summed E-state index contributed by atoms with van der Waals surface area (Å²) in [5.74, 6) is -0.866. The summed E-state index contributed by atoms with van der Waals surface area (Å²) in [6, 6.07) is 14.6. The Labute approximate surface area is 153 Å². The molecule has 142 valence electrons. The predicted octanol–water partition coefficient (Wildman–Crippen LogP) is 3.40. The van der Waals surface area contributed by atoms with E-state index in [2.05, 4.69) is 15.4 Å². The highest BCUT2D eigenvalue weighted by Gasteiger charge is 2.28. The van der Waals surface area contributed by atoms with Crippen LogP contribution in [-0.2, 0) is 9.59 Å². The maximum atomic E-state index is 12.1. The summed E-state index contributed by atoms with van der Waals surface area (Å²) in [6.07, 6.45) is -1.48. The molecule has 0 aliphatic rings. The molecule has 0 spiro atoms. The molecule has 0 heterocycles. The number of ether oxygens (including phenoxy) is 1. The minimum absolute atomic E-state index is 0.0321. The first-order valence-electron chi connectivity index (χ1n) is 7.92. The van der Waals surface area contributed by atoms with Gasteiger partial charge in [0.15, 0.2) is 6.61 Å². The second kappa shape index (κ2) is 9.42. The topological polar surface area (TPSA) is 67.4 Å². The largest absolute Gasteiger partial charge is 0.484 e. The standard InChI is InChI=1S/C19H17F3N2O3/c20-19(21,22)13-27-16-9-7-15(8-10-16)24-18(26)12-23-17(25)11-6-14-4-2-1-3-5-14/h1-11H,12-13H2,(H,23,25)(H,24,26)/b11-6+. The van der Waals surface area contributed by atoms with E-state index in [0.717, 1.165) is 5.56 Å². The molecule has 0 aromatic heterocycles. The third-order valence-corrected chi connectivity index (χ3v) is 3.19. The van der Waals surface area contributed by atoms with Crippen LogP contribution in [0.1, 0.15) is 5.56 Å².